The number of aryl methyl sites for hydroxylation is 1. The summed E-state index contributed by atoms with van der Waals surface area (Å²) in [5, 5.41) is 3.55. The molecule has 1 heterocycles. The lowest BCUT2D eigenvalue weighted by molar-refractivity contribution is 0.402. The van der Waals surface area contributed by atoms with Crippen LogP contribution in [0.15, 0.2) is 18.2 Å². The van der Waals surface area contributed by atoms with Crippen LogP contribution in [-0.2, 0) is 0 Å². The predicted octanol–water partition coefficient (Wildman–Crippen LogP) is 2.58. The number of hydrogen-bond donors (Lipinski definition) is 1. The van der Waals surface area contributed by atoms with E-state index < -0.39 is 0 Å². The average Bonchev–Trinajstić information content (AvgIpc) is 2.39. The number of nitrogens with zero attached hydrogens (tertiary/aromatic N) is 1. The molecule has 0 spiro atoms. The van der Waals surface area contributed by atoms with Crippen LogP contribution in [0, 0.1) is 6.92 Å². The third-order valence-electron chi connectivity index (χ3n) is 3.59. The summed E-state index contributed by atoms with van der Waals surface area (Å²) in [4.78, 5) is 2.45. The molecule has 1 atom stereocenters. The standard InChI is InChI=1S/C15H24N2O/c1-4-16-13-6-5-9-17(11-13)14-10-12(2)7-8-15(14)18-3/h7-8,10,13,16H,4-6,9,11H2,1-3H3. The van der Waals surface area contributed by atoms with Gasteiger partial charge in [-0.3, -0.25) is 0 Å². The molecule has 0 aliphatic carbocycles. The summed E-state index contributed by atoms with van der Waals surface area (Å²) in [5.41, 5.74) is 2.52. The lowest BCUT2D eigenvalue weighted by Gasteiger charge is -2.35. The summed E-state index contributed by atoms with van der Waals surface area (Å²) in [6.45, 7) is 7.56. The summed E-state index contributed by atoms with van der Waals surface area (Å²) >= 11 is 0. The van der Waals surface area contributed by atoms with Crippen molar-refractivity contribution in [1.29, 1.82) is 0 Å². The number of benzene rings is 1. The second kappa shape index (κ2) is 6.10. The van der Waals surface area contributed by atoms with Gasteiger partial charge >= 0.3 is 0 Å². The molecule has 0 saturated carbocycles. The Hall–Kier alpha value is -1.22. The van der Waals surface area contributed by atoms with Crippen molar-refractivity contribution >= 4 is 5.69 Å². The van der Waals surface area contributed by atoms with Gasteiger partial charge in [0.1, 0.15) is 5.75 Å². The molecule has 1 saturated heterocycles. The van der Waals surface area contributed by atoms with E-state index in [4.69, 9.17) is 4.74 Å². The third-order valence-corrected chi connectivity index (χ3v) is 3.59. The van der Waals surface area contributed by atoms with Gasteiger partial charge in [0.15, 0.2) is 0 Å². The zero-order chi connectivity index (χ0) is 13.0. The van der Waals surface area contributed by atoms with Crippen LogP contribution in [0.5, 0.6) is 5.75 Å². The van der Waals surface area contributed by atoms with Crippen LogP contribution < -0.4 is 15.0 Å². The molecule has 1 aromatic rings. The van der Waals surface area contributed by atoms with Crippen molar-refractivity contribution in [1.82, 2.24) is 5.32 Å². The highest BCUT2D eigenvalue weighted by molar-refractivity contribution is 5.60. The van der Waals surface area contributed by atoms with Gasteiger partial charge in [0.2, 0.25) is 0 Å². The monoisotopic (exact) mass is 248 g/mol. The Morgan fingerprint density at radius 3 is 3.00 bits per heavy atom. The molecule has 1 fully saturated rings. The van der Waals surface area contributed by atoms with Gasteiger partial charge in [-0.25, -0.2) is 0 Å². The first-order chi connectivity index (χ1) is 8.74. The maximum Gasteiger partial charge on any atom is 0.142 e. The topological polar surface area (TPSA) is 24.5 Å². The molecule has 0 bridgehead atoms. The first-order valence-corrected chi connectivity index (χ1v) is 6.87. The molecule has 0 amide bonds. The second-order valence-corrected chi connectivity index (χ2v) is 5.02. The van der Waals surface area contributed by atoms with Crippen molar-refractivity contribution in [3.8, 4) is 5.75 Å². The molecule has 18 heavy (non-hydrogen) atoms. The van der Waals surface area contributed by atoms with E-state index in [1.165, 1.54) is 24.1 Å². The van der Waals surface area contributed by atoms with Crippen LogP contribution in [-0.4, -0.2) is 32.8 Å². The smallest absolute Gasteiger partial charge is 0.142 e. The zero-order valence-corrected chi connectivity index (χ0v) is 11.7. The molecule has 1 aromatic carbocycles. The zero-order valence-electron chi connectivity index (χ0n) is 11.7. The molecule has 3 heteroatoms. The Labute approximate surface area is 110 Å². The molecule has 100 valence electrons. The van der Waals surface area contributed by atoms with Gasteiger partial charge in [-0.05, 0) is 44.0 Å². The van der Waals surface area contributed by atoms with Crippen molar-refractivity contribution in [3.63, 3.8) is 0 Å². The van der Waals surface area contributed by atoms with Gasteiger partial charge in [0, 0.05) is 19.1 Å². The number of hydrogen-bond acceptors (Lipinski definition) is 3. The average molecular weight is 248 g/mol. The number of methoxy groups -OCH3 is 1. The Bertz CT molecular complexity index is 390. The maximum atomic E-state index is 5.49. The van der Waals surface area contributed by atoms with E-state index in [9.17, 15) is 0 Å². The third kappa shape index (κ3) is 2.96. The van der Waals surface area contributed by atoms with Crippen LogP contribution >= 0.6 is 0 Å². The van der Waals surface area contributed by atoms with Crippen LogP contribution in [0.4, 0.5) is 5.69 Å². The van der Waals surface area contributed by atoms with E-state index in [1.807, 2.05) is 0 Å². The lowest BCUT2D eigenvalue weighted by atomic mass is 10.0. The second-order valence-electron chi connectivity index (χ2n) is 5.02. The predicted molar refractivity (Wildman–Crippen MR) is 76.6 cm³/mol. The number of rotatable bonds is 4. The van der Waals surface area contributed by atoms with Gasteiger partial charge in [-0.1, -0.05) is 13.0 Å². The molecular formula is C15H24N2O. The van der Waals surface area contributed by atoms with E-state index in [0.29, 0.717) is 6.04 Å². The molecule has 1 N–H and O–H groups in total. The number of anilines is 1. The van der Waals surface area contributed by atoms with Crippen molar-refractivity contribution in [2.24, 2.45) is 0 Å². The fraction of sp³-hybridized carbons (Fsp3) is 0.600. The van der Waals surface area contributed by atoms with Crippen LogP contribution in [0.2, 0.25) is 0 Å². The highest BCUT2D eigenvalue weighted by Crippen LogP contribution is 2.31. The van der Waals surface area contributed by atoms with E-state index in [2.05, 4.69) is 42.3 Å². The Morgan fingerprint density at radius 2 is 2.28 bits per heavy atom. The Morgan fingerprint density at radius 1 is 1.44 bits per heavy atom. The van der Waals surface area contributed by atoms with Crippen molar-refractivity contribution in [2.45, 2.75) is 32.7 Å². The van der Waals surface area contributed by atoms with E-state index in [-0.39, 0.29) is 0 Å². The summed E-state index contributed by atoms with van der Waals surface area (Å²) in [7, 11) is 1.75. The first-order valence-electron chi connectivity index (χ1n) is 6.87. The molecule has 0 radical (unpaired) electrons. The molecule has 0 aromatic heterocycles. The summed E-state index contributed by atoms with van der Waals surface area (Å²) in [6, 6.07) is 7.01. The van der Waals surface area contributed by atoms with E-state index in [0.717, 1.165) is 25.4 Å². The Kier molecular flexibility index (Phi) is 4.48. The highest BCUT2D eigenvalue weighted by atomic mass is 16.5. The van der Waals surface area contributed by atoms with Gasteiger partial charge in [0.05, 0.1) is 12.8 Å². The van der Waals surface area contributed by atoms with Gasteiger partial charge in [0.25, 0.3) is 0 Å². The van der Waals surface area contributed by atoms with Crippen molar-refractivity contribution in [3.05, 3.63) is 23.8 Å². The number of ether oxygens (including phenoxy) is 1. The van der Waals surface area contributed by atoms with Crippen LogP contribution in [0.3, 0.4) is 0 Å². The molecule has 3 nitrogen and oxygen atoms in total. The van der Waals surface area contributed by atoms with Crippen LogP contribution in [0.1, 0.15) is 25.3 Å². The molecule has 1 aliphatic rings. The largest absolute Gasteiger partial charge is 0.495 e. The molecule has 2 rings (SSSR count). The fourth-order valence-corrected chi connectivity index (χ4v) is 2.70. The van der Waals surface area contributed by atoms with Crippen molar-refractivity contribution < 1.29 is 4.74 Å². The van der Waals surface area contributed by atoms with Crippen molar-refractivity contribution in [2.75, 3.05) is 31.6 Å². The van der Waals surface area contributed by atoms with Gasteiger partial charge in [-0.15, -0.1) is 0 Å². The van der Waals surface area contributed by atoms with E-state index >= 15 is 0 Å². The number of piperidine rings is 1. The minimum atomic E-state index is 0.606. The van der Waals surface area contributed by atoms with Gasteiger partial charge < -0.3 is 15.0 Å². The maximum absolute atomic E-state index is 5.49. The normalized spacial score (nSPS) is 19.9. The first kappa shape index (κ1) is 13.2. The van der Waals surface area contributed by atoms with Gasteiger partial charge in [-0.2, -0.15) is 0 Å². The lowest BCUT2D eigenvalue weighted by Crippen LogP contribution is -2.45. The quantitative estimate of drug-likeness (QED) is 0.886. The fourth-order valence-electron chi connectivity index (χ4n) is 2.70. The molecular weight excluding hydrogens is 224 g/mol. The molecule has 1 aliphatic heterocycles. The SMILES string of the molecule is CCNC1CCCN(c2cc(C)ccc2OC)C1. The van der Waals surface area contributed by atoms with E-state index in [1.54, 1.807) is 7.11 Å². The highest BCUT2D eigenvalue weighted by Gasteiger charge is 2.21. The number of likely N-dealkylation sites (N-methyl/N-ethyl adjacent to an activating group) is 1. The van der Waals surface area contributed by atoms with Crippen LogP contribution in [0.25, 0.3) is 0 Å². The minimum absolute atomic E-state index is 0.606. The number of nitrogens with one attached hydrogen (secondary N) is 1. The summed E-state index contributed by atoms with van der Waals surface area (Å²) in [5.74, 6) is 0.984. The minimum Gasteiger partial charge on any atom is -0.495 e. The summed E-state index contributed by atoms with van der Waals surface area (Å²) in [6.07, 6.45) is 2.52. The summed E-state index contributed by atoms with van der Waals surface area (Å²) < 4.78 is 5.49. The Balaban J connectivity index is 2.17. The molecule has 1 unspecified atom stereocenters.